The molecule has 1 unspecified atom stereocenters. The summed E-state index contributed by atoms with van der Waals surface area (Å²) in [6.07, 6.45) is 12.9. The van der Waals surface area contributed by atoms with Crippen LogP contribution < -0.4 is 0 Å². The molecule has 0 amide bonds. The number of rotatable bonds is 3. The van der Waals surface area contributed by atoms with Gasteiger partial charge in [0.2, 0.25) is 0 Å². The van der Waals surface area contributed by atoms with E-state index in [1.54, 1.807) is 0 Å². The molecular weight excluding hydrogens is 751 g/mol. The summed E-state index contributed by atoms with van der Waals surface area (Å²) in [6, 6.07) is 36.8. The molecule has 2 aliphatic rings. The summed E-state index contributed by atoms with van der Waals surface area (Å²) in [7, 11) is 0. The van der Waals surface area contributed by atoms with Crippen LogP contribution in [-0.2, 0) is 41.5 Å². The van der Waals surface area contributed by atoms with E-state index in [1.807, 2.05) is 48.5 Å². The van der Waals surface area contributed by atoms with E-state index in [1.165, 1.54) is 93.6 Å². The molecule has 52 heavy (non-hydrogen) atoms. The van der Waals surface area contributed by atoms with Crippen molar-refractivity contribution in [1.82, 2.24) is 0 Å². The molecule has 3 heteroatoms. The van der Waals surface area contributed by atoms with Crippen molar-refractivity contribution in [3.05, 3.63) is 154 Å². The summed E-state index contributed by atoms with van der Waals surface area (Å²) in [4.78, 5) is 0. The average molecular weight is 815 g/mol. The van der Waals surface area contributed by atoms with Gasteiger partial charge in [-0.1, -0.05) is 137 Å². The van der Waals surface area contributed by atoms with Gasteiger partial charge < -0.3 is 0 Å². The molecule has 0 saturated heterocycles. The van der Waals surface area contributed by atoms with Crippen LogP contribution in [-0.4, -0.2) is 4.21 Å². The number of benzene rings is 4. The Bertz CT molecular complexity index is 1550. The van der Waals surface area contributed by atoms with E-state index < -0.39 is 0 Å². The van der Waals surface area contributed by atoms with Gasteiger partial charge in [0, 0.05) is 0 Å². The number of fused-ring (bicyclic) bond motifs is 3. The predicted octanol–water partition coefficient (Wildman–Crippen LogP) is 14.2. The molecule has 0 radical (unpaired) electrons. The van der Waals surface area contributed by atoms with E-state index in [-0.39, 0.29) is 35.6 Å². The van der Waals surface area contributed by atoms with Crippen LogP contribution in [0.1, 0.15) is 122 Å². The van der Waals surface area contributed by atoms with Gasteiger partial charge in [0.05, 0.1) is 0 Å². The number of hydrogen-bond donors (Lipinski definition) is 0. The Hall–Kier alpha value is -2.31. The number of halogens is 2. The van der Waals surface area contributed by atoms with Gasteiger partial charge in [0.25, 0.3) is 0 Å². The fourth-order valence-electron chi connectivity index (χ4n) is 5.54. The predicted molar refractivity (Wildman–Crippen MR) is 231 cm³/mol. The standard InChI is InChI=1S/C21H25.C13H21.2C7H7.CH2.2ClH.Zr/c1-20(2,3)16-7-9-18-14(12-16)11-15-13-17(21(4,5)6)8-10-19(15)18;1-5-6-7-11-8-9-12(10-11)13(2,3)4;2*1-7-5-3-2-4-6-7;;;;/h7-10,12H,11H2,1-6H3;9-11H,5-7H2,1-4H3;2*3-6H,1H3;1H2;2*1H;/q4*-1;;;;. The van der Waals surface area contributed by atoms with Crippen LogP contribution in [0.4, 0.5) is 0 Å². The van der Waals surface area contributed by atoms with E-state index >= 15 is 0 Å². The molecule has 0 fully saturated rings. The molecular formula is C49H64Cl2Zr-4. The van der Waals surface area contributed by atoms with Crippen molar-refractivity contribution in [1.29, 1.82) is 0 Å². The first-order valence-electron chi connectivity index (χ1n) is 18.2. The van der Waals surface area contributed by atoms with E-state index in [9.17, 15) is 0 Å². The third kappa shape index (κ3) is 16.8. The number of aryl methyl sites for hydroxylation is 2. The third-order valence-corrected chi connectivity index (χ3v) is 8.80. The second kappa shape index (κ2) is 23.5. The van der Waals surface area contributed by atoms with Gasteiger partial charge in [-0.3, -0.25) is 6.08 Å². The summed E-state index contributed by atoms with van der Waals surface area (Å²) in [6.45, 7) is 26.8. The van der Waals surface area contributed by atoms with Crippen LogP contribution >= 0.6 is 24.8 Å². The molecule has 0 nitrogen and oxygen atoms in total. The first kappa shape index (κ1) is 49.7. The molecule has 0 spiro atoms. The molecule has 1 atom stereocenters. The van der Waals surface area contributed by atoms with Gasteiger partial charge in [-0.15, -0.1) is 35.9 Å². The van der Waals surface area contributed by atoms with Crippen molar-refractivity contribution >= 4 is 29.0 Å². The van der Waals surface area contributed by atoms with Crippen molar-refractivity contribution in [2.75, 3.05) is 0 Å². The van der Waals surface area contributed by atoms with Crippen LogP contribution in [0.5, 0.6) is 0 Å². The summed E-state index contributed by atoms with van der Waals surface area (Å²) < 4.78 is 3.34. The zero-order chi connectivity index (χ0) is 37.5. The average Bonchev–Trinajstić information content (AvgIpc) is 3.70. The van der Waals surface area contributed by atoms with Crippen LogP contribution in [0.15, 0.2) is 96.6 Å². The van der Waals surface area contributed by atoms with Gasteiger partial charge in [-0.2, -0.15) is 107 Å². The Morgan fingerprint density at radius 2 is 1.21 bits per heavy atom. The normalized spacial score (nSPS) is 13.6. The monoisotopic (exact) mass is 812 g/mol. The van der Waals surface area contributed by atoms with Crippen molar-refractivity contribution in [3.63, 3.8) is 0 Å². The first-order valence-corrected chi connectivity index (χ1v) is 19.9. The topological polar surface area (TPSA) is 0 Å². The van der Waals surface area contributed by atoms with E-state index in [2.05, 4.69) is 154 Å². The zero-order valence-corrected chi connectivity index (χ0v) is 38.2. The molecule has 6 rings (SSSR count). The minimum atomic E-state index is 0. The summed E-state index contributed by atoms with van der Waals surface area (Å²) in [5, 5.41) is 0. The van der Waals surface area contributed by atoms with Crippen molar-refractivity contribution < 1.29 is 24.2 Å². The molecule has 0 aromatic heterocycles. The van der Waals surface area contributed by atoms with Gasteiger partial charge in [-0.25, -0.2) is 6.08 Å². The fourth-order valence-corrected chi connectivity index (χ4v) is 5.54. The quantitative estimate of drug-likeness (QED) is 0.159. The Morgan fingerprint density at radius 1 is 0.692 bits per heavy atom. The minimum absolute atomic E-state index is 0. The number of allylic oxidation sites excluding steroid dienone is 4. The second-order valence-electron chi connectivity index (χ2n) is 16.4. The Kier molecular flexibility index (Phi) is 22.4. The van der Waals surface area contributed by atoms with Crippen LogP contribution in [0.25, 0.3) is 11.1 Å². The molecule has 4 aromatic rings. The molecule has 4 aromatic carbocycles. The second-order valence-corrected chi connectivity index (χ2v) is 16.4. The van der Waals surface area contributed by atoms with Crippen molar-refractivity contribution in [2.45, 2.75) is 120 Å². The summed E-state index contributed by atoms with van der Waals surface area (Å²) in [5.41, 5.74) is 13.0. The molecule has 282 valence electrons. The van der Waals surface area contributed by atoms with E-state index in [0.717, 1.165) is 6.42 Å². The van der Waals surface area contributed by atoms with Gasteiger partial charge >= 0.3 is 28.4 Å². The Labute approximate surface area is 347 Å². The van der Waals surface area contributed by atoms with Crippen LogP contribution in [0.3, 0.4) is 0 Å². The molecule has 0 aliphatic heterocycles. The fraction of sp³-hybridized carbons (Fsp3) is 0.408. The summed E-state index contributed by atoms with van der Waals surface area (Å²) >= 11 is 1.30. The number of hydrogen-bond acceptors (Lipinski definition) is 0. The molecule has 0 heterocycles. The first-order chi connectivity index (χ1) is 23.5. The Balaban J connectivity index is 0.000000717. The van der Waals surface area contributed by atoms with Crippen molar-refractivity contribution in [3.8, 4) is 11.1 Å². The maximum absolute atomic E-state index is 3.67. The van der Waals surface area contributed by atoms with Gasteiger partial charge in [-0.05, 0) is 28.4 Å². The SMILES string of the molecule is CC(C)(C)c1[c-]c2c(cc1)-c1ccc(C(C)(C)C)cc1C2.CCCCC1[C-]=CC(C(C)(C)C)=C1.Cc1cc[c-]cc1.Cc1cc[c-]cc1.Cl.Cl.[CH2]=[Zr]. The molecule has 0 saturated carbocycles. The zero-order valence-electron chi connectivity index (χ0n) is 34.1. The maximum atomic E-state index is 3.67. The van der Waals surface area contributed by atoms with Gasteiger partial charge in [0.1, 0.15) is 0 Å². The van der Waals surface area contributed by atoms with Crippen LogP contribution in [0.2, 0.25) is 0 Å². The molecule has 0 bridgehead atoms. The Morgan fingerprint density at radius 3 is 1.62 bits per heavy atom. The van der Waals surface area contributed by atoms with Crippen LogP contribution in [0, 0.1) is 49.5 Å². The van der Waals surface area contributed by atoms with Gasteiger partial charge in [0.15, 0.2) is 0 Å². The third-order valence-electron chi connectivity index (χ3n) is 8.80. The molecule has 2 aliphatic carbocycles. The van der Waals surface area contributed by atoms with E-state index in [4.69, 9.17) is 0 Å². The summed E-state index contributed by atoms with van der Waals surface area (Å²) in [5.74, 6) is 0.592. The van der Waals surface area contributed by atoms with Crippen molar-refractivity contribution in [2.24, 2.45) is 11.3 Å². The number of unbranched alkanes of at least 4 members (excludes halogenated alkanes) is 1. The van der Waals surface area contributed by atoms with E-state index in [0.29, 0.717) is 11.3 Å². The molecule has 0 N–H and O–H groups in total.